The van der Waals surface area contributed by atoms with E-state index < -0.39 is 16.1 Å². The fourth-order valence-corrected chi connectivity index (χ4v) is 3.36. The maximum absolute atomic E-state index is 11.7. The Balaban J connectivity index is 2.60. The van der Waals surface area contributed by atoms with Crippen molar-refractivity contribution in [2.45, 2.75) is 30.1 Å². The Hall–Kier alpha value is -0.940. The van der Waals surface area contributed by atoms with Crippen molar-refractivity contribution in [2.24, 2.45) is 0 Å². The molecule has 0 aliphatic carbocycles. The highest BCUT2D eigenvalue weighted by Crippen LogP contribution is 2.20. The van der Waals surface area contributed by atoms with Crippen LogP contribution in [0.4, 0.5) is 0 Å². The molecule has 0 aliphatic heterocycles. The lowest BCUT2D eigenvalue weighted by molar-refractivity contribution is 0.162. The van der Waals surface area contributed by atoms with Crippen LogP contribution in [0.15, 0.2) is 16.3 Å². The monoisotopic (exact) mass is 274 g/mol. The third kappa shape index (κ3) is 4.09. The highest BCUT2D eigenvalue weighted by molar-refractivity contribution is 7.91. The van der Waals surface area contributed by atoms with Gasteiger partial charge < -0.3 is 5.11 Å². The molecular formula is C10H14N2O3S2. The Morgan fingerprint density at radius 2 is 2.29 bits per heavy atom. The van der Waals surface area contributed by atoms with E-state index in [0.29, 0.717) is 17.7 Å². The van der Waals surface area contributed by atoms with Crippen molar-refractivity contribution < 1.29 is 13.5 Å². The molecule has 94 valence electrons. The molecule has 0 aliphatic rings. The maximum atomic E-state index is 11.7. The number of thiophene rings is 1. The molecule has 0 bridgehead atoms. The molecule has 0 fully saturated rings. The van der Waals surface area contributed by atoms with Crippen molar-refractivity contribution >= 4 is 21.4 Å². The number of nitrogens with one attached hydrogen (secondary N) is 1. The van der Waals surface area contributed by atoms with Crippen LogP contribution in [0.2, 0.25) is 0 Å². The number of nitriles is 1. The van der Waals surface area contributed by atoms with Gasteiger partial charge in [0.25, 0.3) is 0 Å². The second kappa shape index (κ2) is 6.12. The quantitative estimate of drug-likeness (QED) is 0.811. The first-order valence-corrected chi connectivity index (χ1v) is 7.47. The topological polar surface area (TPSA) is 90.2 Å². The molecule has 1 aromatic rings. The van der Waals surface area contributed by atoms with Gasteiger partial charge in [0.1, 0.15) is 15.2 Å². The van der Waals surface area contributed by atoms with Gasteiger partial charge in [-0.25, -0.2) is 13.1 Å². The molecule has 1 rings (SSSR count). The zero-order chi connectivity index (χ0) is 12.9. The van der Waals surface area contributed by atoms with Gasteiger partial charge in [-0.3, -0.25) is 0 Å². The lowest BCUT2D eigenvalue weighted by Gasteiger charge is -2.08. The number of hydrogen-bond acceptors (Lipinski definition) is 5. The van der Waals surface area contributed by atoms with Gasteiger partial charge in [-0.2, -0.15) is 5.26 Å². The number of nitrogens with zero attached hydrogens (tertiary/aromatic N) is 1. The predicted molar refractivity (Wildman–Crippen MR) is 65.1 cm³/mol. The summed E-state index contributed by atoms with van der Waals surface area (Å²) < 4.78 is 26.0. The SMILES string of the molecule is CCC(O)CCNS(=O)(=O)c1ccc(C#N)s1. The van der Waals surface area contributed by atoms with Gasteiger partial charge in [0.05, 0.1) is 6.10 Å². The van der Waals surface area contributed by atoms with Crippen molar-refractivity contribution in [1.82, 2.24) is 4.72 Å². The molecule has 2 N–H and O–H groups in total. The van der Waals surface area contributed by atoms with Crippen molar-refractivity contribution in [2.75, 3.05) is 6.54 Å². The Morgan fingerprint density at radius 3 is 2.82 bits per heavy atom. The van der Waals surface area contributed by atoms with Crippen LogP contribution in [0.3, 0.4) is 0 Å². The Labute approximate surface area is 105 Å². The fourth-order valence-electron chi connectivity index (χ4n) is 1.16. The van der Waals surface area contributed by atoms with Crippen molar-refractivity contribution in [1.29, 1.82) is 5.26 Å². The lowest BCUT2D eigenvalue weighted by Crippen LogP contribution is -2.26. The van der Waals surface area contributed by atoms with Gasteiger partial charge >= 0.3 is 0 Å². The minimum atomic E-state index is -3.55. The normalized spacial score (nSPS) is 13.2. The average Bonchev–Trinajstić information content (AvgIpc) is 2.77. The fraction of sp³-hybridized carbons (Fsp3) is 0.500. The van der Waals surface area contributed by atoms with Gasteiger partial charge in [0.2, 0.25) is 10.0 Å². The summed E-state index contributed by atoms with van der Waals surface area (Å²) in [4.78, 5) is 0.360. The lowest BCUT2D eigenvalue weighted by atomic mass is 10.2. The van der Waals surface area contributed by atoms with Crippen molar-refractivity contribution in [3.8, 4) is 6.07 Å². The van der Waals surface area contributed by atoms with Gasteiger partial charge in [-0.15, -0.1) is 11.3 Å². The number of rotatable bonds is 6. The minimum absolute atomic E-state index is 0.125. The molecule has 1 atom stereocenters. The molecule has 1 aromatic heterocycles. The highest BCUT2D eigenvalue weighted by Gasteiger charge is 2.16. The number of hydrogen-bond donors (Lipinski definition) is 2. The summed E-state index contributed by atoms with van der Waals surface area (Å²) in [6.07, 6.45) is 0.488. The molecule has 5 nitrogen and oxygen atoms in total. The first-order chi connectivity index (χ1) is 7.99. The van der Waals surface area contributed by atoms with E-state index in [2.05, 4.69) is 4.72 Å². The summed E-state index contributed by atoms with van der Waals surface area (Å²) in [6.45, 7) is 2.02. The largest absolute Gasteiger partial charge is 0.393 e. The summed E-state index contributed by atoms with van der Waals surface area (Å²) in [5.74, 6) is 0. The van der Waals surface area contributed by atoms with Crippen LogP contribution < -0.4 is 4.72 Å². The van der Waals surface area contributed by atoms with E-state index in [9.17, 15) is 13.5 Å². The molecule has 1 unspecified atom stereocenters. The molecule has 0 radical (unpaired) electrons. The molecule has 0 spiro atoms. The molecule has 1 heterocycles. The molecular weight excluding hydrogens is 260 g/mol. The van der Waals surface area contributed by atoms with Crippen LogP contribution in [-0.2, 0) is 10.0 Å². The molecule has 7 heteroatoms. The summed E-state index contributed by atoms with van der Waals surface area (Å²) in [6, 6.07) is 4.77. The summed E-state index contributed by atoms with van der Waals surface area (Å²) >= 11 is 0.930. The smallest absolute Gasteiger partial charge is 0.250 e. The second-order valence-corrected chi connectivity index (χ2v) is 6.56. The summed E-state index contributed by atoms with van der Waals surface area (Å²) in [7, 11) is -3.55. The van der Waals surface area contributed by atoms with E-state index in [1.807, 2.05) is 13.0 Å². The number of aliphatic hydroxyl groups excluding tert-OH is 1. The van der Waals surface area contributed by atoms with Crippen LogP contribution in [0.5, 0.6) is 0 Å². The molecule has 17 heavy (non-hydrogen) atoms. The van der Waals surface area contributed by atoms with Crippen LogP contribution in [0.25, 0.3) is 0 Å². The van der Waals surface area contributed by atoms with Crippen LogP contribution in [0.1, 0.15) is 24.6 Å². The molecule has 0 saturated heterocycles. The van der Waals surface area contributed by atoms with Gasteiger partial charge in [0, 0.05) is 6.54 Å². The Kier molecular flexibility index (Phi) is 5.08. The van der Waals surface area contributed by atoms with Crippen LogP contribution >= 0.6 is 11.3 Å². The first-order valence-electron chi connectivity index (χ1n) is 5.17. The third-order valence-corrected chi connectivity index (χ3v) is 5.14. The maximum Gasteiger partial charge on any atom is 0.250 e. The first kappa shape index (κ1) is 14.1. The van der Waals surface area contributed by atoms with Gasteiger partial charge in [0.15, 0.2) is 0 Å². The average molecular weight is 274 g/mol. The summed E-state index contributed by atoms with van der Waals surface area (Å²) in [5, 5.41) is 17.9. The van der Waals surface area contributed by atoms with E-state index in [0.717, 1.165) is 11.3 Å². The van der Waals surface area contributed by atoms with Crippen molar-refractivity contribution in [3.05, 3.63) is 17.0 Å². The van der Waals surface area contributed by atoms with Crippen LogP contribution in [0, 0.1) is 11.3 Å². The number of aliphatic hydroxyl groups is 1. The Morgan fingerprint density at radius 1 is 1.59 bits per heavy atom. The second-order valence-electron chi connectivity index (χ2n) is 3.48. The standard InChI is InChI=1S/C10H14N2O3S2/c1-2-8(13)5-6-12-17(14,15)10-4-3-9(7-11)16-10/h3-4,8,12-13H,2,5-6H2,1H3. The zero-order valence-electron chi connectivity index (χ0n) is 9.38. The minimum Gasteiger partial charge on any atom is -0.393 e. The van der Waals surface area contributed by atoms with E-state index in [4.69, 9.17) is 5.26 Å². The van der Waals surface area contributed by atoms with Gasteiger partial charge in [-0.1, -0.05) is 6.92 Å². The Bertz CT molecular complexity index is 502. The zero-order valence-corrected chi connectivity index (χ0v) is 11.0. The van der Waals surface area contributed by atoms with Gasteiger partial charge in [-0.05, 0) is 25.0 Å². The van der Waals surface area contributed by atoms with Crippen LogP contribution in [-0.4, -0.2) is 26.2 Å². The molecule has 0 saturated carbocycles. The van der Waals surface area contributed by atoms with E-state index >= 15 is 0 Å². The van der Waals surface area contributed by atoms with E-state index in [1.54, 1.807) is 0 Å². The number of sulfonamides is 1. The van der Waals surface area contributed by atoms with Crippen molar-refractivity contribution in [3.63, 3.8) is 0 Å². The highest BCUT2D eigenvalue weighted by atomic mass is 32.2. The molecule has 0 amide bonds. The molecule has 0 aromatic carbocycles. The summed E-state index contributed by atoms with van der Waals surface area (Å²) in [5.41, 5.74) is 0. The predicted octanol–water partition coefficient (Wildman–Crippen LogP) is 1.06. The third-order valence-electron chi connectivity index (χ3n) is 2.20. The van der Waals surface area contributed by atoms with E-state index in [1.165, 1.54) is 12.1 Å². The van der Waals surface area contributed by atoms with E-state index in [-0.39, 0.29) is 10.8 Å².